The van der Waals surface area contributed by atoms with Crippen molar-refractivity contribution >= 4 is 34.4 Å². The molecule has 2 aromatic carbocycles. The van der Waals surface area contributed by atoms with Crippen LogP contribution >= 0.6 is 0 Å². The molecule has 1 heterocycles. The third-order valence-electron chi connectivity index (χ3n) is 5.81. The van der Waals surface area contributed by atoms with Gasteiger partial charge in [0, 0.05) is 25.3 Å². The zero-order chi connectivity index (χ0) is 25.6. The maximum absolute atomic E-state index is 12.4. The van der Waals surface area contributed by atoms with E-state index in [9.17, 15) is 14.9 Å². The number of anilines is 1. The van der Waals surface area contributed by atoms with Crippen LogP contribution < -0.4 is 16.0 Å². The van der Waals surface area contributed by atoms with E-state index in [1.165, 1.54) is 24.9 Å². The van der Waals surface area contributed by atoms with Crippen molar-refractivity contribution in [2.24, 2.45) is 5.73 Å². The Hall–Kier alpha value is -3.45. The first-order valence-electron chi connectivity index (χ1n) is 12.3. The quantitative estimate of drug-likeness (QED) is 0.188. The van der Waals surface area contributed by atoms with Crippen LogP contribution in [-0.4, -0.2) is 71.1 Å². The molecule has 3 N–H and O–H groups in total. The zero-order valence-corrected chi connectivity index (χ0v) is 20.5. The van der Waals surface area contributed by atoms with Crippen molar-refractivity contribution in [1.29, 1.82) is 5.26 Å². The highest BCUT2D eigenvalue weighted by atomic mass is 16.6. The summed E-state index contributed by atoms with van der Waals surface area (Å²) in [6, 6.07) is 14.4. The number of nitrogens with zero attached hydrogens (tertiary/aromatic N) is 2. The monoisotopic (exact) mass is 494 g/mol. The van der Waals surface area contributed by atoms with Crippen molar-refractivity contribution in [2.45, 2.75) is 19.3 Å². The molecular formula is C27H34N4O5. The van der Waals surface area contributed by atoms with Gasteiger partial charge in [-0.05, 0) is 59.9 Å². The average molecular weight is 495 g/mol. The van der Waals surface area contributed by atoms with Crippen LogP contribution in [0.1, 0.15) is 24.8 Å². The minimum atomic E-state index is -0.473. The van der Waals surface area contributed by atoms with Crippen molar-refractivity contribution < 1.29 is 23.8 Å². The SMILES string of the molecule is N#C/C(=C\c1ccc2cc(N3CCCCC3)ccc2c1)C(=O)NCCOCCOCCOC(=O)CN. The van der Waals surface area contributed by atoms with Crippen LogP contribution in [0.5, 0.6) is 0 Å². The summed E-state index contributed by atoms with van der Waals surface area (Å²) < 4.78 is 15.4. The topological polar surface area (TPSA) is 127 Å². The Morgan fingerprint density at radius 2 is 1.67 bits per heavy atom. The minimum absolute atomic E-state index is 0.0367. The first kappa shape index (κ1) is 27.1. The first-order valence-corrected chi connectivity index (χ1v) is 12.3. The first-order chi connectivity index (χ1) is 17.6. The van der Waals surface area contributed by atoms with Gasteiger partial charge in [0.05, 0.1) is 33.0 Å². The number of nitriles is 1. The second kappa shape index (κ2) is 14.8. The molecule has 1 aliphatic rings. The Balaban J connectivity index is 1.42. The molecule has 3 rings (SSSR count). The molecule has 0 saturated carbocycles. The van der Waals surface area contributed by atoms with Crippen LogP contribution in [0.3, 0.4) is 0 Å². The number of amides is 1. The van der Waals surface area contributed by atoms with Gasteiger partial charge in [0.1, 0.15) is 18.2 Å². The van der Waals surface area contributed by atoms with Gasteiger partial charge in [-0.3, -0.25) is 9.59 Å². The van der Waals surface area contributed by atoms with Gasteiger partial charge in [0.25, 0.3) is 5.91 Å². The van der Waals surface area contributed by atoms with E-state index in [0.29, 0.717) is 13.2 Å². The van der Waals surface area contributed by atoms with E-state index < -0.39 is 11.9 Å². The van der Waals surface area contributed by atoms with Crippen LogP contribution in [0, 0.1) is 11.3 Å². The van der Waals surface area contributed by atoms with Crippen LogP contribution in [0.2, 0.25) is 0 Å². The van der Waals surface area contributed by atoms with Gasteiger partial charge in [0.15, 0.2) is 0 Å². The maximum Gasteiger partial charge on any atom is 0.319 e. The van der Waals surface area contributed by atoms with Gasteiger partial charge in [0.2, 0.25) is 0 Å². The third kappa shape index (κ3) is 8.64. The highest BCUT2D eigenvalue weighted by molar-refractivity contribution is 6.02. The Morgan fingerprint density at radius 3 is 2.42 bits per heavy atom. The van der Waals surface area contributed by atoms with Crippen molar-refractivity contribution in [3.05, 3.63) is 47.5 Å². The van der Waals surface area contributed by atoms with Crippen molar-refractivity contribution in [3.8, 4) is 6.07 Å². The van der Waals surface area contributed by atoms with E-state index in [0.717, 1.165) is 29.4 Å². The highest BCUT2D eigenvalue weighted by Crippen LogP contribution is 2.26. The fraction of sp³-hybridized carbons (Fsp3) is 0.444. The molecule has 0 aliphatic carbocycles. The molecule has 0 atom stereocenters. The number of nitrogens with two attached hydrogens (primary N) is 1. The lowest BCUT2D eigenvalue weighted by Gasteiger charge is -2.29. The van der Waals surface area contributed by atoms with E-state index >= 15 is 0 Å². The summed E-state index contributed by atoms with van der Waals surface area (Å²) in [4.78, 5) is 25.7. The molecule has 0 radical (unpaired) electrons. The number of hydrogen-bond acceptors (Lipinski definition) is 8. The van der Waals surface area contributed by atoms with Gasteiger partial charge >= 0.3 is 5.97 Å². The summed E-state index contributed by atoms with van der Waals surface area (Å²) in [6.45, 7) is 3.66. The molecule has 0 spiro atoms. The number of carbonyl (C=O) groups excluding carboxylic acids is 2. The summed E-state index contributed by atoms with van der Waals surface area (Å²) in [5.41, 5.74) is 7.20. The predicted molar refractivity (Wildman–Crippen MR) is 138 cm³/mol. The number of nitrogens with one attached hydrogen (secondary N) is 1. The number of hydrogen-bond donors (Lipinski definition) is 2. The Morgan fingerprint density at radius 1 is 0.972 bits per heavy atom. The smallest absolute Gasteiger partial charge is 0.319 e. The number of rotatable bonds is 13. The number of carbonyl (C=O) groups is 2. The average Bonchev–Trinajstić information content (AvgIpc) is 2.92. The van der Waals surface area contributed by atoms with E-state index in [1.807, 2.05) is 24.3 Å². The molecule has 9 nitrogen and oxygen atoms in total. The van der Waals surface area contributed by atoms with Crippen molar-refractivity contribution in [1.82, 2.24) is 5.32 Å². The number of ether oxygens (including phenoxy) is 3. The molecule has 0 unspecified atom stereocenters. The standard InChI is InChI=1S/C27H34N4O5/c28-19-24(27(33)30-8-11-34-12-13-35-14-15-36-26(32)20-29)17-21-4-5-23-18-25(7-6-22(23)16-21)31-9-2-1-3-10-31/h4-7,16-18H,1-3,8-15,20,29H2,(H,30,33)/b24-17+. The van der Waals surface area contributed by atoms with Gasteiger partial charge < -0.3 is 30.2 Å². The minimum Gasteiger partial charge on any atom is -0.462 e. The largest absolute Gasteiger partial charge is 0.462 e. The van der Waals surface area contributed by atoms with E-state index in [4.69, 9.17) is 19.9 Å². The van der Waals surface area contributed by atoms with Gasteiger partial charge in [-0.2, -0.15) is 5.26 Å². The van der Waals surface area contributed by atoms with E-state index in [-0.39, 0.29) is 38.5 Å². The summed E-state index contributed by atoms with van der Waals surface area (Å²) in [5, 5.41) is 14.4. The van der Waals surface area contributed by atoms with E-state index in [2.05, 4.69) is 28.4 Å². The van der Waals surface area contributed by atoms with Crippen LogP contribution in [0.15, 0.2) is 42.0 Å². The summed E-state index contributed by atoms with van der Waals surface area (Å²) >= 11 is 0. The highest BCUT2D eigenvalue weighted by Gasteiger charge is 2.12. The molecule has 1 aliphatic heterocycles. The van der Waals surface area contributed by atoms with Crippen LogP contribution in [0.25, 0.3) is 16.8 Å². The molecule has 1 fully saturated rings. The summed E-state index contributed by atoms with van der Waals surface area (Å²) in [7, 11) is 0. The lowest BCUT2D eigenvalue weighted by atomic mass is 10.0. The summed E-state index contributed by atoms with van der Waals surface area (Å²) in [6.07, 6.45) is 5.36. The normalized spacial score (nSPS) is 13.9. The molecular weight excluding hydrogens is 460 g/mol. The maximum atomic E-state index is 12.4. The Labute approximate surface area is 211 Å². The molecule has 1 amide bonds. The van der Waals surface area contributed by atoms with Gasteiger partial charge in [-0.25, -0.2) is 0 Å². The van der Waals surface area contributed by atoms with Crippen molar-refractivity contribution in [2.75, 3.05) is 64.1 Å². The number of benzene rings is 2. The molecule has 2 aromatic rings. The molecule has 36 heavy (non-hydrogen) atoms. The second-order valence-electron chi connectivity index (χ2n) is 8.41. The summed E-state index contributed by atoms with van der Waals surface area (Å²) in [5.74, 6) is -0.918. The molecule has 1 saturated heterocycles. The Kier molecular flexibility index (Phi) is 11.2. The predicted octanol–water partition coefficient (Wildman–Crippen LogP) is 2.39. The number of piperidine rings is 1. The number of esters is 1. The Bertz CT molecular complexity index is 1090. The zero-order valence-electron chi connectivity index (χ0n) is 20.5. The van der Waals surface area contributed by atoms with Crippen molar-refractivity contribution in [3.63, 3.8) is 0 Å². The lowest BCUT2D eigenvalue weighted by molar-refractivity contribution is -0.143. The van der Waals surface area contributed by atoms with Crippen LogP contribution in [0.4, 0.5) is 5.69 Å². The lowest BCUT2D eigenvalue weighted by Crippen LogP contribution is -2.29. The fourth-order valence-electron chi connectivity index (χ4n) is 3.93. The molecule has 0 aromatic heterocycles. The molecule has 9 heteroatoms. The second-order valence-corrected chi connectivity index (χ2v) is 8.41. The van der Waals surface area contributed by atoms with Gasteiger partial charge in [-0.15, -0.1) is 0 Å². The third-order valence-corrected chi connectivity index (χ3v) is 5.81. The van der Waals surface area contributed by atoms with E-state index in [1.54, 1.807) is 6.08 Å². The number of fused-ring (bicyclic) bond motifs is 1. The van der Waals surface area contributed by atoms with Gasteiger partial charge in [-0.1, -0.05) is 18.2 Å². The molecule has 0 bridgehead atoms. The van der Waals surface area contributed by atoms with Crippen LogP contribution in [-0.2, 0) is 23.8 Å². The molecule has 192 valence electrons. The fourth-order valence-corrected chi connectivity index (χ4v) is 3.93.